The summed E-state index contributed by atoms with van der Waals surface area (Å²) >= 11 is 0. The Morgan fingerprint density at radius 1 is 0.889 bits per heavy atom. The fourth-order valence-corrected chi connectivity index (χ4v) is 9.49. The third-order valence-electron chi connectivity index (χ3n) is 11.0. The average Bonchev–Trinajstić information content (AvgIpc) is 3.02. The SMILES string of the molecule is CCCC(CN)C(C)C1CC[C@H]2[C@@H]3CCC4CCCC[C@]4(C)[C@@H]3CC[C@]12C. The first-order valence-electron chi connectivity index (χ1n) is 12.7. The van der Waals surface area contributed by atoms with E-state index >= 15 is 0 Å². The summed E-state index contributed by atoms with van der Waals surface area (Å²) in [5.74, 6) is 6.67. The maximum atomic E-state index is 6.24. The lowest BCUT2D eigenvalue weighted by atomic mass is 9.44. The van der Waals surface area contributed by atoms with Gasteiger partial charge < -0.3 is 5.73 Å². The minimum Gasteiger partial charge on any atom is -0.330 e. The van der Waals surface area contributed by atoms with Crippen molar-refractivity contribution >= 4 is 0 Å². The normalized spacial score (nSPS) is 49.0. The van der Waals surface area contributed by atoms with Crippen molar-refractivity contribution in [1.82, 2.24) is 0 Å². The van der Waals surface area contributed by atoms with Gasteiger partial charge in [-0.25, -0.2) is 0 Å². The van der Waals surface area contributed by atoms with Crippen LogP contribution in [0.4, 0.5) is 0 Å². The first-order chi connectivity index (χ1) is 13.0. The molecule has 4 unspecified atom stereocenters. The predicted molar refractivity (Wildman–Crippen MR) is 116 cm³/mol. The minimum atomic E-state index is 0.611. The van der Waals surface area contributed by atoms with Crippen LogP contribution in [0.5, 0.6) is 0 Å². The summed E-state index contributed by atoms with van der Waals surface area (Å²) < 4.78 is 0. The Balaban J connectivity index is 1.54. The molecule has 0 aliphatic heterocycles. The molecule has 27 heavy (non-hydrogen) atoms. The predicted octanol–water partition coefficient (Wildman–Crippen LogP) is 7.05. The van der Waals surface area contributed by atoms with Crippen molar-refractivity contribution in [2.24, 2.45) is 58.0 Å². The Labute approximate surface area is 169 Å². The molecule has 0 aromatic heterocycles. The summed E-state index contributed by atoms with van der Waals surface area (Å²) in [6.45, 7) is 11.2. The summed E-state index contributed by atoms with van der Waals surface area (Å²) in [5, 5.41) is 0. The Kier molecular flexibility index (Phi) is 5.74. The molecule has 4 aliphatic rings. The fraction of sp³-hybridized carbons (Fsp3) is 1.00. The van der Waals surface area contributed by atoms with Gasteiger partial charge in [0, 0.05) is 0 Å². The molecule has 0 bridgehead atoms. The lowest BCUT2D eigenvalue weighted by Gasteiger charge is -2.61. The van der Waals surface area contributed by atoms with Crippen LogP contribution in [0, 0.1) is 52.3 Å². The molecule has 0 aromatic rings. The third-order valence-corrected chi connectivity index (χ3v) is 11.0. The molecule has 4 fully saturated rings. The second kappa shape index (κ2) is 7.66. The smallest absolute Gasteiger partial charge is 0.00462 e. The van der Waals surface area contributed by atoms with Gasteiger partial charge >= 0.3 is 0 Å². The molecule has 0 saturated heterocycles. The molecular formula is C26H47N. The summed E-state index contributed by atoms with van der Waals surface area (Å²) in [6.07, 6.45) is 17.9. The van der Waals surface area contributed by atoms with Crippen LogP contribution in [-0.2, 0) is 0 Å². The number of nitrogens with two attached hydrogens (primary N) is 1. The molecule has 0 spiro atoms. The quantitative estimate of drug-likeness (QED) is 0.549. The second-order valence-electron chi connectivity index (χ2n) is 11.8. The topological polar surface area (TPSA) is 26.0 Å². The Morgan fingerprint density at radius 3 is 2.41 bits per heavy atom. The van der Waals surface area contributed by atoms with E-state index in [1.54, 1.807) is 12.8 Å². The summed E-state index contributed by atoms with van der Waals surface area (Å²) in [7, 11) is 0. The van der Waals surface area contributed by atoms with Crippen molar-refractivity contribution in [2.75, 3.05) is 6.54 Å². The van der Waals surface area contributed by atoms with E-state index in [0.717, 1.165) is 48.0 Å². The molecule has 1 nitrogen and oxygen atoms in total. The van der Waals surface area contributed by atoms with E-state index in [1.165, 1.54) is 64.2 Å². The van der Waals surface area contributed by atoms with Crippen LogP contribution in [0.1, 0.15) is 105 Å². The van der Waals surface area contributed by atoms with Gasteiger partial charge in [0.05, 0.1) is 0 Å². The summed E-state index contributed by atoms with van der Waals surface area (Å²) in [6, 6.07) is 0. The first-order valence-corrected chi connectivity index (χ1v) is 12.7. The van der Waals surface area contributed by atoms with Crippen LogP contribution in [-0.4, -0.2) is 6.54 Å². The molecule has 156 valence electrons. The highest BCUT2D eigenvalue weighted by Gasteiger charge is 2.60. The van der Waals surface area contributed by atoms with Gasteiger partial charge in [0.15, 0.2) is 0 Å². The van der Waals surface area contributed by atoms with Gasteiger partial charge in [0.1, 0.15) is 0 Å². The van der Waals surface area contributed by atoms with Gasteiger partial charge in [-0.2, -0.15) is 0 Å². The zero-order valence-corrected chi connectivity index (χ0v) is 18.8. The first kappa shape index (κ1) is 20.2. The van der Waals surface area contributed by atoms with Gasteiger partial charge in [0.25, 0.3) is 0 Å². The molecule has 0 aromatic carbocycles. The molecule has 2 N–H and O–H groups in total. The third kappa shape index (κ3) is 3.13. The van der Waals surface area contributed by atoms with Crippen molar-refractivity contribution < 1.29 is 0 Å². The molecule has 4 rings (SSSR count). The van der Waals surface area contributed by atoms with Crippen LogP contribution < -0.4 is 5.73 Å². The Hall–Kier alpha value is -0.0400. The van der Waals surface area contributed by atoms with Crippen LogP contribution in [0.2, 0.25) is 0 Å². The maximum Gasteiger partial charge on any atom is -0.00462 e. The number of rotatable bonds is 5. The highest BCUT2D eigenvalue weighted by Crippen LogP contribution is 2.68. The number of hydrogen-bond acceptors (Lipinski definition) is 1. The lowest BCUT2D eigenvalue weighted by molar-refractivity contribution is -0.115. The molecule has 0 heterocycles. The van der Waals surface area contributed by atoms with Crippen molar-refractivity contribution in [3.05, 3.63) is 0 Å². The average molecular weight is 374 g/mol. The zero-order valence-electron chi connectivity index (χ0n) is 18.8. The summed E-state index contributed by atoms with van der Waals surface area (Å²) in [4.78, 5) is 0. The van der Waals surface area contributed by atoms with Crippen LogP contribution in [0.3, 0.4) is 0 Å². The van der Waals surface area contributed by atoms with Crippen molar-refractivity contribution in [3.8, 4) is 0 Å². The van der Waals surface area contributed by atoms with Gasteiger partial charge in [-0.05, 0) is 117 Å². The van der Waals surface area contributed by atoms with Crippen molar-refractivity contribution in [3.63, 3.8) is 0 Å². The van der Waals surface area contributed by atoms with Crippen LogP contribution >= 0.6 is 0 Å². The Bertz CT molecular complexity index is 514. The second-order valence-corrected chi connectivity index (χ2v) is 11.8. The Morgan fingerprint density at radius 2 is 1.67 bits per heavy atom. The molecule has 9 atom stereocenters. The molecule has 4 aliphatic carbocycles. The maximum absolute atomic E-state index is 6.24. The van der Waals surface area contributed by atoms with E-state index in [1.807, 2.05) is 0 Å². The lowest BCUT2D eigenvalue weighted by Crippen LogP contribution is -2.53. The van der Waals surface area contributed by atoms with Crippen LogP contribution in [0.15, 0.2) is 0 Å². The summed E-state index contributed by atoms with van der Waals surface area (Å²) in [5.41, 5.74) is 7.53. The van der Waals surface area contributed by atoms with E-state index in [0.29, 0.717) is 10.8 Å². The monoisotopic (exact) mass is 373 g/mol. The zero-order chi connectivity index (χ0) is 19.2. The van der Waals surface area contributed by atoms with Crippen LogP contribution in [0.25, 0.3) is 0 Å². The fourth-order valence-electron chi connectivity index (χ4n) is 9.49. The largest absolute Gasteiger partial charge is 0.330 e. The van der Waals surface area contributed by atoms with E-state index in [2.05, 4.69) is 27.7 Å². The van der Waals surface area contributed by atoms with Gasteiger partial charge in [0.2, 0.25) is 0 Å². The molecule has 4 saturated carbocycles. The molecule has 0 radical (unpaired) electrons. The highest BCUT2D eigenvalue weighted by molar-refractivity contribution is 5.09. The van der Waals surface area contributed by atoms with Gasteiger partial charge in [-0.3, -0.25) is 0 Å². The molecule has 1 heteroatoms. The van der Waals surface area contributed by atoms with E-state index in [4.69, 9.17) is 5.73 Å². The standard InChI is InChI=1S/C26H47N/c1-5-8-19(17-27)18(2)22-12-13-23-21-11-10-20-9-6-7-15-25(20,3)24(21)14-16-26(22,23)4/h18-24H,5-17,27H2,1-4H3/t18?,19?,20?,21-,22?,23-,24+,25-,26+/m0/s1. The van der Waals surface area contributed by atoms with Crippen molar-refractivity contribution in [1.29, 1.82) is 0 Å². The minimum absolute atomic E-state index is 0.611. The van der Waals surface area contributed by atoms with E-state index in [9.17, 15) is 0 Å². The molecular weight excluding hydrogens is 326 g/mol. The number of hydrogen-bond donors (Lipinski definition) is 1. The van der Waals surface area contributed by atoms with Gasteiger partial charge in [-0.1, -0.05) is 47.0 Å². The van der Waals surface area contributed by atoms with Gasteiger partial charge in [-0.15, -0.1) is 0 Å². The van der Waals surface area contributed by atoms with E-state index in [-0.39, 0.29) is 0 Å². The highest BCUT2D eigenvalue weighted by atomic mass is 14.7. The van der Waals surface area contributed by atoms with E-state index < -0.39 is 0 Å². The van der Waals surface area contributed by atoms with Crippen molar-refractivity contribution in [2.45, 2.75) is 105 Å². The number of fused-ring (bicyclic) bond motifs is 5. The molecule has 0 amide bonds.